The SMILES string of the molecule is O=C(CN(COC(=O)c1ccccc1)C(=O)OCc1ccccc1)NCc1ccccc1. The van der Waals surface area contributed by atoms with Crippen LogP contribution in [0.2, 0.25) is 0 Å². The highest BCUT2D eigenvalue weighted by Crippen LogP contribution is 2.06. The van der Waals surface area contributed by atoms with Crippen molar-refractivity contribution in [3.8, 4) is 0 Å². The van der Waals surface area contributed by atoms with Crippen molar-refractivity contribution in [1.82, 2.24) is 10.2 Å². The number of ether oxygens (including phenoxy) is 2. The van der Waals surface area contributed by atoms with E-state index in [1.807, 2.05) is 60.7 Å². The molecular formula is C25H24N2O5. The standard InChI is InChI=1S/C25H24N2O5/c28-23(26-16-20-10-4-1-5-11-20)17-27(19-32-24(29)22-14-8-3-9-15-22)25(30)31-18-21-12-6-2-7-13-21/h1-15H,16-19H2,(H,26,28). The van der Waals surface area contributed by atoms with E-state index in [-0.39, 0.29) is 13.2 Å². The highest BCUT2D eigenvalue weighted by molar-refractivity contribution is 5.89. The molecule has 0 aliphatic carbocycles. The van der Waals surface area contributed by atoms with Crippen LogP contribution in [0.25, 0.3) is 0 Å². The van der Waals surface area contributed by atoms with E-state index in [2.05, 4.69) is 5.32 Å². The van der Waals surface area contributed by atoms with Gasteiger partial charge in [0.05, 0.1) is 5.56 Å². The second-order valence-corrected chi connectivity index (χ2v) is 6.93. The van der Waals surface area contributed by atoms with Gasteiger partial charge in [-0.15, -0.1) is 0 Å². The number of hydrogen-bond acceptors (Lipinski definition) is 5. The fourth-order valence-corrected chi connectivity index (χ4v) is 2.79. The molecule has 0 saturated heterocycles. The van der Waals surface area contributed by atoms with Crippen molar-refractivity contribution in [2.45, 2.75) is 13.2 Å². The highest BCUT2D eigenvalue weighted by atomic mass is 16.6. The van der Waals surface area contributed by atoms with Crippen LogP contribution in [0.15, 0.2) is 91.0 Å². The summed E-state index contributed by atoms with van der Waals surface area (Å²) in [6.07, 6.45) is -0.760. The first-order valence-electron chi connectivity index (χ1n) is 10.1. The van der Waals surface area contributed by atoms with Crippen LogP contribution >= 0.6 is 0 Å². The maximum Gasteiger partial charge on any atom is 0.413 e. The summed E-state index contributed by atoms with van der Waals surface area (Å²) >= 11 is 0. The lowest BCUT2D eigenvalue weighted by molar-refractivity contribution is -0.123. The molecule has 3 aromatic carbocycles. The smallest absolute Gasteiger partial charge is 0.413 e. The molecule has 0 bridgehead atoms. The van der Waals surface area contributed by atoms with Gasteiger partial charge in [0, 0.05) is 6.54 Å². The van der Waals surface area contributed by atoms with E-state index in [9.17, 15) is 14.4 Å². The molecule has 32 heavy (non-hydrogen) atoms. The van der Waals surface area contributed by atoms with Crippen LogP contribution < -0.4 is 5.32 Å². The van der Waals surface area contributed by atoms with Crippen molar-refractivity contribution < 1.29 is 23.9 Å². The Labute approximate surface area is 186 Å². The summed E-state index contributed by atoms with van der Waals surface area (Å²) in [5, 5.41) is 2.75. The minimum Gasteiger partial charge on any atom is -0.444 e. The molecule has 0 spiro atoms. The van der Waals surface area contributed by atoms with E-state index in [1.165, 1.54) is 0 Å². The molecule has 1 N–H and O–H groups in total. The third kappa shape index (κ3) is 7.28. The maximum absolute atomic E-state index is 12.6. The molecule has 2 amide bonds. The van der Waals surface area contributed by atoms with E-state index in [1.54, 1.807) is 30.3 Å². The zero-order valence-corrected chi connectivity index (χ0v) is 17.5. The number of carbonyl (C=O) groups excluding carboxylic acids is 3. The number of benzene rings is 3. The third-order valence-electron chi connectivity index (χ3n) is 4.49. The van der Waals surface area contributed by atoms with Crippen molar-refractivity contribution >= 4 is 18.0 Å². The van der Waals surface area contributed by atoms with Gasteiger partial charge in [0.25, 0.3) is 0 Å². The number of amides is 2. The minimum atomic E-state index is -0.760. The monoisotopic (exact) mass is 432 g/mol. The molecular weight excluding hydrogens is 408 g/mol. The lowest BCUT2D eigenvalue weighted by Gasteiger charge is -2.21. The molecule has 164 valence electrons. The fourth-order valence-electron chi connectivity index (χ4n) is 2.79. The van der Waals surface area contributed by atoms with E-state index >= 15 is 0 Å². The quantitative estimate of drug-likeness (QED) is 0.411. The van der Waals surface area contributed by atoms with Gasteiger partial charge in [-0.1, -0.05) is 78.9 Å². The zero-order chi connectivity index (χ0) is 22.6. The molecule has 3 rings (SSSR count). The van der Waals surface area contributed by atoms with Crippen LogP contribution in [0.1, 0.15) is 21.5 Å². The molecule has 0 radical (unpaired) electrons. The normalized spacial score (nSPS) is 10.1. The number of rotatable bonds is 9. The van der Waals surface area contributed by atoms with Gasteiger partial charge in [-0.05, 0) is 23.3 Å². The maximum atomic E-state index is 12.6. The van der Waals surface area contributed by atoms with E-state index in [0.29, 0.717) is 12.1 Å². The number of nitrogens with zero attached hydrogens (tertiary/aromatic N) is 1. The topological polar surface area (TPSA) is 84.9 Å². The Bertz CT molecular complexity index is 1010. The van der Waals surface area contributed by atoms with Gasteiger partial charge in [-0.3, -0.25) is 9.69 Å². The second kappa shape index (κ2) is 11.9. The Morgan fingerprint density at radius 2 is 1.28 bits per heavy atom. The average Bonchev–Trinajstić information content (AvgIpc) is 2.85. The lowest BCUT2D eigenvalue weighted by Crippen LogP contribution is -2.42. The van der Waals surface area contributed by atoms with Gasteiger partial charge < -0.3 is 14.8 Å². The van der Waals surface area contributed by atoms with E-state index in [4.69, 9.17) is 9.47 Å². The Morgan fingerprint density at radius 3 is 1.91 bits per heavy atom. The summed E-state index contributed by atoms with van der Waals surface area (Å²) in [6, 6.07) is 27.0. The Balaban J connectivity index is 1.58. The van der Waals surface area contributed by atoms with Crippen LogP contribution in [0.5, 0.6) is 0 Å². The Kier molecular flexibility index (Phi) is 8.39. The Morgan fingerprint density at radius 1 is 0.719 bits per heavy atom. The third-order valence-corrected chi connectivity index (χ3v) is 4.49. The summed E-state index contributed by atoms with van der Waals surface area (Å²) in [7, 11) is 0. The zero-order valence-electron chi connectivity index (χ0n) is 17.5. The molecule has 7 nitrogen and oxygen atoms in total. The molecule has 0 aliphatic heterocycles. The number of nitrogens with one attached hydrogen (secondary N) is 1. The predicted molar refractivity (Wildman–Crippen MR) is 118 cm³/mol. The van der Waals surface area contributed by atoms with Crippen LogP contribution in [0, 0.1) is 0 Å². The Hall–Kier alpha value is -4.13. The van der Waals surface area contributed by atoms with Crippen LogP contribution in [-0.2, 0) is 27.4 Å². The molecule has 0 atom stereocenters. The van der Waals surface area contributed by atoms with E-state index in [0.717, 1.165) is 16.0 Å². The molecule has 0 aromatic heterocycles. The van der Waals surface area contributed by atoms with Crippen LogP contribution in [0.3, 0.4) is 0 Å². The number of carbonyl (C=O) groups is 3. The van der Waals surface area contributed by atoms with Crippen molar-refractivity contribution in [3.63, 3.8) is 0 Å². The fraction of sp³-hybridized carbons (Fsp3) is 0.160. The van der Waals surface area contributed by atoms with Gasteiger partial charge in [0.2, 0.25) is 5.91 Å². The van der Waals surface area contributed by atoms with Crippen molar-refractivity contribution in [3.05, 3.63) is 108 Å². The van der Waals surface area contributed by atoms with Gasteiger partial charge in [-0.2, -0.15) is 0 Å². The van der Waals surface area contributed by atoms with Gasteiger partial charge in [0.15, 0.2) is 6.73 Å². The number of esters is 1. The molecule has 0 saturated carbocycles. The van der Waals surface area contributed by atoms with Gasteiger partial charge in [-0.25, -0.2) is 9.59 Å². The van der Waals surface area contributed by atoms with E-state index < -0.39 is 24.7 Å². The largest absolute Gasteiger partial charge is 0.444 e. The number of hydrogen-bond donors (Lipinski definition) is 1. The first-order valence-corrected chi connectivity index (χ1v) is 10.1. The first-order chi connectivity index (χ1) is 15.6. The summed E-state index contributed by atoms with van der Waals surface area (Å²) in [4.78, 5) is 38.3. The second-order valence-electron chi connectivity index (χ2n) is 6.93. The summed E-state index contributed by atoms with van der Waals surface area (Å²) in [5.41, 5.74) is 2.07. The van der Waals surface area contributed by atoms with Crippen molar-refractivity contribution in [1.29, 1.82) is 0 Å². The van der Waals surface area contributed by atoms with Gasteiger partial charge in [0.1, 0.15) is 13.2 Å². The van der Waals surface area contributed by atoms with Crippen LogP contribution in [-0.4, -0.2) is 36.1 Å². The summed E-state index contributed by atoms with van der Waals surface area (Å²) < 4.78 is 10.5. The van der Waals surface area contributed by atoms with Crippen molar-refractivity contribution in [2.75, 3.05) is 13.3 Å². The van der Waals surface area contributed by atoms with Crippen LogP contribution in [0.4, 0.5) is 4.79 Å². The molecule has 0 aliphatic rings. The molecule has 0 heterocycles. The lowest BCUT2D eigenvalue weighted by atomic mass is 10.2. The molecule has 0 unspecified atom stereocenters. The first kappa shape index (κ1) is 22.6. The van der Waals surface area contributed by atoms with Gasteiger partial charge >= 0.3 is 12.1 Å². The molecule has 3 aromatic rings. The average molecular weight is 432 g/mol. The highest BCUT2D eigenvalue weighted by Gasteiger charge is 2.21. The van der Waals surface area contributed by atoms with Crippen molar-refractivity contribution in [2.24, 2.45) is 0 Å². The summed E-state index contributed by atoms with van der Waals surface area (Å²) in [5.74, 6) is -1.00. The summed E-state index contributed by atoms with van der Waals surface area (Å²) in [6.45, 7) is -0.381. The molecule has 0 fully saturated rings. The predicted octanol–water partition coefficient (Wildman–Crippen LogP) is 3.76. The molecule has 7 heteroatoms. The minimum absolute atomic E-state index is 0.0362.